The van der Waals surface area contributed by atoms with Crippen LogP contribution in [0.5, 0.6) is 0 Å². The molecule has 0 N–H and O–H groups in total. The van der Waals surface area contributed by atoms with Crippen molar-refractivity contribution in [3.8, 4) is 5.69 Å². The number of hydrogen-bond donors (Lipinski definition) is 0. The Bertz CT molecular complexity index is 792. The van der Waals surface area contributed by atoms with E-state index >= 15 is 0 Å². The van der Waals surface area contributed by atoms with E-state index in [4.69, 9.17) is 16.1 Å². The number of aromatic nitrogens is 4. The Kier molecular flexibility index (Phi) is 4.22. The standard InChI is InChI=1S/C15H15ClN4OS/c1-9-4-5-12(6-14(9)16)20-8-17-18-15(20)22-7-13-10(2)19-21-11(13)3/h4-6,8H,7H2,1-3H3. The highest BCUT2D eigenvalue weighted by Gasteiger charge is 2.13. The van der Waals surface area contributed by atoms with Gasteiger partial charge in [-0.05, 0) is 38.5 Å². The summed E-state index contributed by atoms with van der Waals surface area (Å²) in [7, 11) is 0. The molecule has 22 heavy (non-hydrogen) atoms. The molecule has 114 valence electrons. The lowest BCUT2D eigenvalue weighted by atomic mass is 10.2. The van der Waals surface area contributed by atoms with Gasteiger partial charge in [-0.25, -0.2) is 0 Å². The fraction of sp³-hybridized carbons (Fsp3) is 0.267. The SMILES string of the molecule is Cc1ccc(-n2cnnc2SCc2c(C)noc2C)cc1Cl. The Labute approximate surface area is 137 Å². The molecule has 0 aliphatic carbocycles. The van der Waals surface area contributed by atoms with Gasteiger partial charge in [0.25, 0.3) is 0 Å². The molecule has 0 unspecified atom stereocenters. The van der Waals surface area contributed by atoms with Crippen LogP contribution in [0.2, 0.25) is 5.02 Å². The summed E-state index contributed by atoms with van der Waals surface area (Å²) in [5.74, 6) is 1.58. The van der Waals surface area contributed by atoms with Gasteiger partial charge in [-0.1, -0.05) is 34.6 Å². The molecule has 0 saturated heterocycles. The molecule has 7 heteroatoms. The number of benzene rings is 1. The Hall–Kier alpha value is -1.79. The zero-order chi connectivity index (χ0) is 15.7. The van der Waals surface area contributed by atoms with Crippen molar-refractivity contribution in [1.82, 2.24) is 19.9 Å². The Morgan fingerprint density at radius 1 is 1.27 bits per heavy atom. The minimum Gasteiger partial charge on any atom is -0.361 e. The van der Waals surface area contributed by atoms with Gasteiger partial charge >= 0.3 is 0 Å². The van der Waals surface area contributed by atoms with Crippen LogP contribution in [0.25, 0.3) is 5.69 Å². The first-order valence-electron chi connectivity index (χ1n) is 6.77. The van der Waals surface area contributed by atoms with Crippen molar-refractivity contribution < 1.29 is 4.52 Å². The summed E-state index contributed by atoms with van der Waals surface area (Å²) in [6.45, 7) is 5.84. The average Bonchev–Trinajstić information content (AvgIpc) is 3.08. The summed E-state index contributed by atoms with van der Waals surface area (Å²) in [5.41, 5.74) is 4.00. The van der Waals surface area contributed by atoms with Crippen LogP contribution < -0.4 is 0 Å². The molecule has 0 fully saturated rings. The summed E-state index contributed by atoms with van der Waals surface area (Å²) in [4.78, 5) is 0. The maximum atomic E-state index is 6.20. The molecule has 2 aromatic heterocycles. The minimum absolute atomic E-state index is 0.730. The lowest BCUT2D eigenvalue weighted by molar-refractivity contribution is 0.392. The van der Waals surface area contributed by atoms with E-state index in [9.17, 15) is 0 Å². The van der Waals surface area contributed by atoms with Gasteiger partial charge in [-0.15, -0.1) is 10.2 Å². The van der Waals surface area contributed by atoms with Crippen molar-refractivity contribution in [2.45, 2.75) is 31.7 Å². The van der Waals surface area contributed by atoms with Crippen LogP contribution in [0.4, 0.5) is 0 Å². The normalized spacial score (nSPS) is 11.1. The van der Waals surface area contributed by atoms with Crippen LogP contribution in [0.15, 0.2) is 34.2 Å². The fourth-order valence-electron chi connectivity index (χ4n) is 2.08. The lowest BCUT2D eigenvalue weighted by Gasteiger charge is -2.07. The molecule has 0 amide bonds. The van der Waals surface area contributed by atoms with Gasteiger partial charge in [-0.2, -0.15) is 0 Å². The number of hydrogen-bond acceptors (Lipinski definition) is 5. The largest absolute Gasteiger partial charge is 0.361 e. The maximum absolute atomic E-state index is 6.20. The third-order valence-corrected chi connectivity index (χ3v) is 4.85. The van der Waals surface area contributed by atoms with E-state index < -0.39 is 0 Å². The monoisotopic (exact) mass is 334 g/mol. The molecule has 3 aromatic rings. The molecule has 0 spiro atoms. The Balaban J connectivity index is 1.84. The third kappa shape index (κ3) is 2.89. The van der Waals surface area contributed by atoms with Gasteiger partial charge in [0, 0.05) is 16.3 Å². The van der Waals surface area contributed by atoms with E-state index in [1.165, 1.54) is 0 Å². The highest BCUT2D eigenvalue weighted by Crippen LogP contribution is 2.27. The second-order valence-electron chi connectivity index (χ2n) is 5.01. The van der Waals surface area contributed by atoms with Crippen LogP contribution in [-0.4, -0.2) is 19.9 Å². The van der Waals surface area contributed by atoms with E-state index in [0.29, 0.717) is 0 Å². The second kappa shape index (κ2) is 6.14. The van der Waals surface area contributed by atoms with Crippen molar-refractivity contribution >= 4 is 23.4 Å². The molecule has 0 aliphatic heterocycles. The van der Waals surface area contributed by atoms with Crippen molar-refractivity contribution in [2.75, 3.05) is 0 Å². The summed E-state index contributed by atoms with van der Waals surface area (Å²) >= 11 is 7.79. The minimum atomic E-state index is 0.730. The van der Waals surface area contributed by atoms with Crippen LogP contribution >= 0.6 is 23.4 Å². The Morgan fingerprint density at radius 2 is 2.09 bits per heavy atom. The molecule has 2 heterocycles. The van der Waals surface area contributed by atoms with Gasteiger partial charge in [0.1, 0.15) is 12.1 Å². The van der Waals surface area contributed by atoms with E-state index in [1.54, 1.807) is 18.1 Å². The van der Waals surface area contributed by atoms with Crippen molar-refractivity contribution in [3.63, 3.8) is 0 Å². The highest BCUT2D eigenvalue weighted by molar-refractivity contribution is 7.98. The van der Waals surface area contributed by atoms with E-state index in [2.05, 4.69) is 15.4 Å². The summed E-state index contributed by atoms with van der Waals surface area (Å²) in [6.07, 6.45) is 1.69. The third-order valence-electron chi connectivity index (χ3n) is 3.48. The highest BCUT2D eigenvalue weighted by atomic mass is 35.5. The Morgan fingerprint density at radius 3 is 2.77 bits per heavy atom. The molecule has 0 atom stereocenters. The number of halogens is 1. The van der Waals surface area contributed by atoms with Gasteiger partial charge in [-0.3, -0.25) is 4.57 Å². The molecular formula is C15H15ClN4OS. The average molecular weight is 335 g/mol. The first kappa shape index (κ1) is 15.1. The van der Waals surface area contributed by atoms with Crippen LogP contribution in [0.1, 0.15) is 22.6 Å². The summed E-state index contributed by atoms with van der Waals surface area (Å²) in [6, 6.07) is 5.91. The quantitative estimate of drug-likeness (QED) is 0.671. The zero-order valence-corrected chi connectivity index (χ0v) is 14.1. The molecule has 3 rings (SSSR count). The fourth-order valence-corrected chi connectivity index (χ4v) is 3.33. The van der Waals surface area contributed by atoms with E-state index in [1.807, 2.05) is 43.5 Å². The maximum Gasteiger partial charge on any atom is 0.195 e. The van der Waals surface area contributed by atoms with Crippen LogP contribution in [0.3, 0.4) is 0 Å². The molecule has 0 saturated carbocycles. The van der Waals surface area contributed by atoms with E-state index in [0.717, 1.165) is 44.2 Å². The predicted octanol–water partition coefficient (Wildman–Crippen LogP) is 4.13. The second-order valence-corrected chi connectivity index (χ2v) is 6.36. The number of nitrogens with zero attached hydrogens (tertiary/aromatic N) is 4. The van der Waals surface area contributed by atoms with Gasteiger partial charge in [0.15, 0.2) is 5.16 Å². The molecule has 0 radical (unpaired) electrons. The molecule has 5 nitrogen and oxygen atoms in total. The summed E-state index contributed by atoms with van der Waals surface area (Å²) in [5, 5.41) is 13.7. The van der Waals surface area contributed by atoms with E-state index in [-0.39, 0.29) is 0 Å². The van der Waals surface area contributed by atoms with Crippen LogP contribution in [-0.2, 0) is 5.75 Å². The number of aryl methyl sites for hydroxylation is 3. The molecular weight excluding hydrogens is 320 g/mol. The number of rotatable bonds is 4. The van der Waals surface area contributed by atoms with Crippen LogP contribution in [0, 0.1) is 20.8 Å². The van der Waals surface area contributed by atoms with Crippen molar-refractivity contribution in [3.05, 3.63) is 52.1 Å². The topological polar surface area (TPSA) is 56.7 Å². The smallest absolute Gasteiger partial charge is 0.195 e. The molecule has 0 aliphatic rings. The van der Waals surface area contributed by atoms with Crippen molar-refractivity contribution in [2.24, 2.45) is 0 Å². The first-order chi connectivity index (χ1) is 10.6. The van der Waals surface area contributed by atoms with Gasteiger partial charge < -0.3 is 4.52 Å². The number of thioether (sulfide) groups is 1. The zero-order valence-electron chi connectivity index (χ0n) is 12.5. The predicted molar refractivity (Wildman–Crippen MR) is 86.6 cm³/mol. The molecule has 0 bridgehead atoms. The van der Waals surface area contributed by atoms with Crippen molar-refractivity contribution in [1.29, 1.82) is 0 Å². The van der Waals surface area contributed by atoms with Gasteiger partial charge in [0.2, 0.25) is 0 Å². The summed E-state index contributed by atoms with van der Waals surface area (Å²) < 4.78 is 7.11. The molecule has 1 aromatic carbocycles. The van der Waals surface area contributed by atoms with Gasteiger partial charge in [0.05, 0.1) is 11.4 Å². The first-order valence-corrected chi connectivity index (χ1v) is 8.13. The lowest BCUT2D eigenvalue weighted by Crippen LogP contribution is -1.96.